The number of nitrogens with one attached hydrogen (secondary N) is 3. The minimum absolute atomic E-state index is 0.678. The van der Waals surface area contributed by atoms with Crippen molar-refractivity contribution in [2.75, 3.05) is 0 Å². The van der Waals surface area contributed by atoms with Crippen LogP contribution in [-0.4, -0.2) is 38.6 Å². The van der Waals surface area contributed by atoms with Gasteiger partial charge >= 0.3 is 0 Å². The lowest BCUT2D eigenvalue weighted by Crippen LogP contribution is -2.03. The molecule has 3 N–H and O–H groups in total. The predicted molar refractivity (Wildman–Crippen MR) is 576 cm³/mol. The van der Waals surface area contributed by atoms with Crippen molar-refractivity contribution in [3.05, 3.63) is 430 Å². The molecule has 0 amide bonds. The van der Waals surface area contributed by atoms with Crippen LogP contribution in [0.1, 0.15) is 11.1 Å². The molecule has 0 spiro atoms. The molecule has 0 atom stereocenters. The maximum absolute atomic E-state index is 5.29. The number of aromatic amines is 3. The zero-order valence-corrected chi connectivity index (χ0v) is 74.2. The van der Waals surface area contributed by atoms with Crippen LogP contribution in [0.5, 0.6) is 0 Å². The first-order valence-electron chi connectivity index (χ1n) is 46.3. The van der Waals surface area contributed by atoms with Crippen LogP contribution in [0.2, 0.25) is 0 Å². The lowest BCUT2D eigenvalue weighted by molar-refractivity contribution is 1.01. The average Bonchev–Trinajstić information content (AvgIpc) is 1.54. The van der Waals surface area contributed by atoms with Crippen molar-refractivity contribution >= 4 is 259 Å². The third-order valence-corrected chi connectivity index (χ3v) is 31.4. The van der Waals surface area contributed by atoms with Gasteiger partial charge in [0.15, 0.2) is 0 Å². The van der Waals surface area contributed by atoms with Gasteiger partial charge in [0.1, 0.15) is 0 Å². The second-order valence-corrected chi connectivity index (χ2v) is 38.3. The van der Waals surface area contributed by atoms with Crippen molar-refractivity contribution in [2.24, 2.45) is 0 Å². The zero-order chi connectivity index (χ0) is 87.9. The Morgan fingerprint density at radius 3 is 1.24 bits per heavy atom. The lowest BCUT2D eigenvalue weighted by Gasteiger charge is -2.15. The van der Waals surface area contributed by atoms with Gasteiger partial charge in [0.2, 0.25) is 5.95 Å². The number of rotatable bonds is 5. The summed E-state index contributed by atoms with van der Waals surface area (Å²) in [4.78, 5) is 21.9. The third kappa shape index (κ3) is 10.8. The molecule has 8 nitrogen and oxygen atoms in total. The highest BCUT2D eigenvalue weighted by molar-refractivity contribution is 7.27. The van der Waals surface area contributed by atoms with E-state index in [1.807, 2.05) is 28.7 Å². The fourth-order valence-corrected chi connectivity index (χ4v) is 25.9. The van der Waals surface area contributed by atoms with Gasteiger partial charge in [0.05, 0.1) is 75.9 Å². The predicted octanol–water partition coefficient (Wildman–Crippen LogP) is 34.6. The van der Waals surface area contributed by atoms with Crippen LogP contribution in [-0.2, 0) is 6.42 Å². The first-order chi connectivity index (χ1) is 67.0. The highest BCUT2D eigenvalue weighted by Crippen LogP contribution is 2.54. The summed E-state index contributed by atoms with van der Waals surface area (Å²) in [7, 11) is 0. The normalized spacial score (nSPS) is 12.4. The Balaban J connectivity index is 0.0000000965. The molecule has 0 bridgehead atoms. The Kier molecular flexibility index (Phi) is 15.8. The van der Waals surface area contributed by atoms with Crippen molar-refractivity contribution in [1.82, 2.24) is 38.6 Å². The number of benzene rings is 22. The summed E-state index contributed by atoms with van der Waals surface area (Å²) in [6.07, 6.45) is 0.911. The average molecular weight is 1750 g/mol. The van der Waals surface area contributed by atoms with E-state index in [1.165, 1.54) is 259 Å². The third-order valence-electron chi connectivity index (χ3n) is 29.1. The van der Waals surface area contributed by atoms with E-state index in [9.17, 15) is 0 Å². The van der Waals surface area contributed by atoms with E-state index in [1.54, 1.807) is 0 Å². The van der Waals surface area contributed by atoms with E-state index >= 15 is 0 Å². The Bertz CT molecular complexity index is 10600. The Morgan fingerprint density at radius 2 is 0.659 bits per heavy atom. The molecule has 626 valence electrons. The first-order valence-corrected chi connectivity index (χ1v) is 47.9. The quantitative estimate of drug-likeness (QED) is 0.150. The monoisotopic (exact) mass is 1750 g/mol. The summed E-state index contributed by atoms with van der Waals surface area (Å²) < 4.78 is 12.4. The van der Waals surface area contributed by atoms with Gasteiger partial charge in [-0.05, 0) is 179 Å². The molecular formula is C125H74N8S2. The minimum Gasteiger partial charge on any atom is -0.354 e. The number of fused-ring (bicyclic) bond motifs is 43. The number of hydrogen-bond donors (Lipinski definition) is 3. The Labute approximate surface area is 778 Å². The molecule has 9 heterocycles. The van der Waals surface area contributed by atoms with Crippen molar-refractivity contribution < 1.29 is 0 Å². The molecule has 0 saturated heterocycles. The minimum atomic E-state index is 0.678. The molecule has 10 heteroatoms. The van der Waals surface area contributed by atoms with E-state index in [2.05, 4.69) is 441 Å². The van der Waals surface area contributed by atoms with Crippen LogP contribution >= 0.6 is 22.7 Å². The van der Waals surface area contributed by atoms with E-state index in [0.29, 0.717) is 5.95 Å². The summed E-state index contributed by atoms with van der Waals surface area (Å²) in [6, 6.07) is 152. The smallest absolute Gasteiger partial charge is 0.235 e. The summed E-state index contributed by atoms with van der Waals surface area (Å²) in [5.41, 5.74) is 27.8. The van der Waals surface area contributed by atoms with E-state index in [4.69, 9.17) is 9.97 Å². The fourth-order valence-electron chi connectivity index (χ4n) is 23.4. The number of H-pyrrole nitrogens is 3. The molecule has 32 rings (SSSR count). The fraction of sp³-hybridized carbons (Fsp3) is 0.00800. The van der Waals surface area contributed by atoms with Crippen molar-refractivity contribution in [2.45, 2.75) is 6.42 Å². The van der Waals surface area contributed by atoms with Crippen LogP contribution < -0.4 is 0 Å². The largest absolute Gasteiger partial charge is 0.354 e. The maximum Gasteiger partial charge on any atom is 0.235 e. The van der Waals surface area contributed by atoms with Crippen LogP contribution in [0.4, 0.5) is 0 Å². The Hall–Kier alpha value is -17.3. The summed E-state index contributed by atoms with van der Waals surface area (Å²) in [5.74, 6) is 0.678. The van der Waals surface area contributed by atoms with Crippen LogP contribution in [0.3, 0.4) is 0 Å². The molecule has 1 aliphatic rings. The number of nitrogens with zero attached hydrogens (tertiary/aromatic N) is 5. The van der Waals surface area contributed by atoms with Crippen LogP contribution in [0.25, 0.3) is 287 Å². The molecule has 0 aliphatic heterocycles. The van der Waals surface area contributed by atoms with Gasteiger partial charge in [-0.15, -0.1) is 22.7 Å². The van der Waals surface area contributed by atoms with Gasteiger partial charge < -0.3 is 24.1 Å². The zero-order valence-electron chi connectivity index (χ0n) is 72.6. The van der Waals surface area contributed by atoms with Crippen molar-refractivity contribution in [3.63, 3.8) is 0 Å². The molecule has 31 aromatic rings. The summed E-state index contributed by atoms with van der Waals surface area (Å²) >= 11 is 3.77. The Morgan fingerprint density at radius 1 is 0.244 bits per heavy atom. The van der Waals surface area contributed by atoms with Gasteiger partial charge in [-0.1, -0.05) is 322 Å². The SMILES string of the molecule is c1ccc(-c2cccc(-n3c4ccccc4c4cc5c(cc43)sc3c4[nH]c6ccccc6c4c4ccccc4c53)c2)cc1.c1ccc(-c2nc(-n3c4ccccc4c4cc5c(cc43)sc3c4[nH]c6ccccc6c4c4ccccc4c53)nc3ccccc23)cc1.c1ccc2c(c1)cc(-n1c3ccccc3c3cc4c(cc31)Cc1c-4c3ccccc3c3c1[nH]c1ccccc13)c1ccccc12. The van der Waals surface area contributed by atoms with Gasteiger partial charge in [-0.3, -0.25) is 4.57 Å². The number of thiophene rings is 2. The summed E-state index contributed by atoms with van der Waals surface area (Å²) in [5, 5.41) is 34.7. The second kappa shape index (κ2) is 28.6. The second-order valence-electron chi connectivity index (χ2n) is 36.2. The van der Waals surface area contributed by atoms with Crippen LogP contribution in [0, 0.1) is 0 Å². The molecule has 22 aromatic carbocycles. The van der Waals surface area contributed by atoms with E-state index < -0.39 is 0 Å². The standard InChI is InChI=1S/C43H26N2.C42H24N4S.C40H24N2S/c1-2-12-27-25(11-1)22-39(29-14-4-3-13-28(27)29)45-38-20-10-8-15-30(38)35-24-34-26(23-40(35)45)21-36-41(34)31-16-5-6-17-32(31)42-33-18-7-9-19-37(33)44-43(36)42;1-2-12-24(13-3-1)39-29-18-7-10-20-33(29)44-42(45-39)46-34-21-11-8-14-25(34)30-22-31-36(23-35(30)46)47-41-38(31)27-16-5-4-15-26(27)37-28-17-6-9-19-32(28)43-40(37)41;1-2-11-24(12-3-1)25-13-10-14-26(21-25)42-34-20-9-7-15-27(34)31-22-32-36(23-35(31)42)43-40-38(32)29-17-5-4-16-28(29)37-30-18-6-8-19-33(30)41-39(37)40/h1-20,22-24,44H,21H2;1-23,43H;1-23,41H. The molecule has 0 unspecified atom stereocenters. The van der Waals surface area contributed by atoms with Crippen LogP contribution in [0.15, 0.2) is 419 Å². The first kappa shape index (κ1) is 74.5. The van der Waals surface area contributed by atoms with E-state index in [0.717, 1.165) is 39.6 Å². The number of para-hydroxylation sites is 7. The molecule has 9 aromatic heterocycles. The molecule has 135 heavy (non-hydrogen) atoms. The van der Waals surface area contributed by atoms with Gasteiger partial charge in [-0.2, -0.15) is 0 Å². The molecule has 1 aliphatic carbocycles. The van der Waals surface area contributed by atoms with Gasteiger partial charge in [0.25, 0.3) is 0 Å². The van der Waals surface area contributed by atoms with Gasteiger partial charge in [-0.25, -0.2) is 9.97 Å². The topological polar surface area (TPSA) is 87.9 Å². The summed E-state index contributed by atoms with van der Waals surface area (Å²) in [6.45, 7) is 0. The van der Waals surface area contributed by atoms with E-state index in [-0.39, 0.29) is 0 Å². The van der Waals surface area contributed by atoms with Gasteiger partial charge in [0, 0.05) is 141 Å². The molecule has 0 fully saturated rings. The molecular weight excluding hydrogens is 1680 g/mol. The maximum atomic E-state index is 5.29. The highest BCUT2D eigenvalue weighted by atomic mass is 32.1. The number of aromatic nitrogens is 8. The number of hydrogen-bond acceptors (Lipinski definition) is 4. The molecule has 0 saturated carbocycles. The molecule has 0 radical (unpaired) electrons. The van der Waals surface area contributed by atoms with Crippen molar-refractivity contribution in [3.8, 4) is 50.8 Å². The van der Waals surface area contributed by atoms with Crippen molar-refractivity contribution in [1.29, 1.82) is 0 Å². The lowest BCUT2D eigenvalue weighted by atomic mass is 9.93. The highest BCUT2D eigenvalue weighted by Gasteiger charge is 2.31.